The molecule has 0 aliphatic rings. The van der Waals surface area contributed by atoms with Gasteiger partial charge in [-0.05, 0) is 12.1 Å². The molecule has 0 amide bonds. The summed E-state index contributed by atoms with van der Waals surface area (Å²) in [5, 5.41) is 0. The topological polar surface area (TPSA) is 67.3 Å². The number of alkyl halides is 3. The number of rotatable bonds is 0. The summed E-state index contributed by atoms with van der Waals surface area (Å²) < 4.78 is 81.2. The Labute approximate surface area is 86.5 Å². The minimum atomic E-state index is -5.84. The second-order valence-corrected chi connectivity index (χ2v) is 3.62. The third kappa shape index (κ3) is 5.56. The molecule has 0 aliphatic carbocycles. The van der Waals surface area contributed by atoms with Crippen LogP contribution in [-0.4, -0.2) is 23.5 Å². The van der Waals surface area contributed by atoms with E-state index in [1.165, 1.54) is 6.07 Å². The predicted octanol–water partition coefficient (Wildman–Crippen LogP) is 1.75. The van der Waals surface area contributed by atoms with Gasteiger partial charge in [0.15, 0.2) is 0 Å². The van der Waals surface area contributed by atoms with E-state index in [4.69, 9.17) is 13.0 Å². The van der Waals surface area contributed by atoms with Crippen molar-refractivity contribution in [2.75, 3.05) is 0 Å². The summed E-state index contributed by atoms with van der Waals surface area (Å²) in [6, 6.07) is 3.43. The van der Waals surface area contributed by atoms with Gasteiger partial charge >= 0.3 is 15.6 Å². The second kappa shape index (κ2) is 5.16. The van der Waals surface area contributed by atoms with E-state index in [0.29, 0.717) is 0 Å². The van der Waals surface area contributed by atoms with Crippen molar-refractivity contribution in [3.05, 3.63) is 30.1 Å². The summed E-state index contributed by atoms with van der Waals surface area (Å²) >= 11 is 0. The molecule has 1 rings (SSSR count). The normalized spacial score (nSPS) is 11.6. The van der Waals surface area contributed by atoms with Gasteiger partial charge in [0.05, 0.1) is 0 Å². The Morgan fingerprint density at radius 3 is 1.56 bits per heavy atom. The van der Waals surface area contributed by atoms with Gasteiger partial charge in [-0.2, -0.15) is 35.4 Å². The van der Waals surface area contributed by atoms with Crippen molar-refractivity contribution in [3.63, 3.8) is 0 Å². The molecule has 1 heterocycles. The van der Waals surface area contributed by atoms with Crippen LogP contribution in [0.3, 0.4) is 0 Å². The van der Waals surface area contributed by atoms with Crippen molar-refractivity contribution in [2.24, 2.45) is 0 Å². The highest BCUT2D eigenvalue weighted by Crippen LogP contribution is 2.20. The van der Waals surface area contributed by atoms with Gasteiger partial charge < -0.3 is 0 Å². The second-order valence-electron chi connectivity index (χ2n) is 2.20. The Morgan fingerprint density at radius 1 is 1.12 bits per heavy atom. The minimum Gasteiger partial charge on any atom is -0.279 e. The van der Waals surface area contributed by atoms with Crippen LogP contribution in [0.15, 0.2) is 18.2 Å². The molecule has 0 fully saturated rings. The van der Waals surface area contributed by atoms with Crippen molar-refractivity contribution in [1.82, 2.24) is 4.98 Å². The average Bonchev–Trinajstić information content (AvgIpc) is 2.00. The van der Waals surface area contributed by atoms with Gasteiger partial charge in [0.25, 0.3) is 0 Å². The lowest BCUT2D eigenvalue weighted by atomic mass is 10.5. The molecule has 16 heavy (non-hydrogen) atoms. The van der Waals surface area contributed by atoms with Gasteiger partial charge in [0, 0.05) is 0 Å². The molecule has 0 saturated carbocycles. The van der Waals surface area contributed by atoms with E-state index in [2.05, 4.69) is 4.98 Å². The van der Waals surface area contributed by atoms with E-state index < -0.39 is 27.5 Å². The standard InChI is InChI=1S/C5H3F2N.CHF3O3S/c6-4-2-1-3-5(7)8-4;2-1(3,4)8(5,6)7/h1-3H;(H,5,6,7). The number of halogens is 5. The van der Waals surface area contributed by atoms with E-state index in [0.717, 1.165) is 12.1 Å². The fraction of sp³-hybridized carbons (Fsp3) is 0.167. The van der Waals surface area contributed by atoms with Crippen LogP contribution in [0.25, 0.3) is 0 Å². The number of pyridine rings is 1. The molecule has 10 heteroatoms. The maximum atomic E-state index is 11.8. The molecule has 0 atom stereocenters. The van der Waals surface area contributed by atoms with Crippen LogP contribution in [0.5, 0.6) is 0 Å². The molecule has 0 spiro atoms. The summed E-state index contributed by atoms with van der Waals surface area (Å²) in [6.07, 6.45) is 0. The lowest BCUT2D eigenvalue weighted by molar-refractivity contribution is -0.0510. The van der Waals surface area contributed by atoms with Crippen molar-refractivity contribution >= 4 is 10.1 Å². The Kier molecular flexibility index (Phi) is 4.75. The highest BCUT2D eigenvalue weighted by molar-refractivity contribution is 7.86. The van der Waals surface area contributed by atoms with Crippen molar-refractivity contribution < 1.29 is 34.9 Å². The SMILES string of the molecule is Fc1cccc(F)n1.O=S(=O)(O)C(F)(F)F. The molecule has 4 nitrogen and oxygen atoms in total. The summed E-state index contributed by atoms with van der Waals surface area (Å²) in [5.41, 5.74) is -5.53. The molecule has 0 bridgehead atoms. The van der Waals surface area contributed by atoms with Crippen LogP contribution in [0.4, 0.5) is 22.0 Å². The molecule has 1 aromatic heterocycles. The van der Waals surface area contributed by atoms with E-state index in [9.17, 15) is 22.0 Å². The summed E-state index contributed by atoms with van der Waals surface area (Å²) in [6.45, 7) is 0. The van der Waals surface area contributed by atoms with Gasteiger partial charge in [0.1, 0.15) is 0 Å². The first-order valence-corrected chi connectivity index (χ1v) is 4.80. The molecule has 1 N–H and O–H groups in total. The van der Waals surface area contributed by atoms with E-state index in [1.807, 2.05) is 0 Å². The summed E-state index contributed by atoms with van der Waals surface area (Å²) in [7, 11) is -5.84. The average molecular weight is 265 g/mol. The van der Waals surface area contributed by atoms with Gasteiger partial charge in [-0.3, -0.25) is 4.55 Å². The molecule has 0 aromatic carbocycles. The lowest BCUT2D eigenvalue weighted by Crippen LogP contribution is -2.21. The molecular weight excluding hydrogens is 261 g/mol. The van der Waals surface area contributed by atoms with Crippen LogP contribution in [0, 0.1) is 11.9 Å². The Hall–Kier alpha value is -1.29. The first kappa shape index (κ1) is 14.7. The zero-order valence-electron chi connectivity index (χ0n) is 7.24. The largest absolute Gasteiger partial charge is 0.522 e. The van der Waals surface area contributed by atoms with Crippen LogP contribution in [0.1, 0.15) is 0 Å². The molecule has 1 aromatic rings. The van der Waals surface area contributed by atoms with Crippen molar-refractivity contribution in [2.45, 2.75) is 5.51 Å². The maximum Gasteiger partial charge on any atom is 0.522 e. The monoisotopic (exact) mass is 265 g/mol. The summed E-state index contributed by atoms with van der Waals surface area (Å²) in [5.74, 6) is -1.57. The van der Waals surface area contributed by atoms with E-state index in [-0.39, 0.29) is 0 Å². The predicted molar refractivity (Wildman–Crippen MR) is 41.8 cm³/mol. The highest BCUT2D eigenvalue weighted by Gasteiger charge is 2.44. The number of aromatic nitrogens is 1. The number of hydrogen-bond donors (Lipinski definition) is 1. The third-order valence-corrected chi connectivity index (χ3v) is 1.56. The number of nitrogens with zero attached hydrogens (tertiary/aromatic N) is 1. The number of hydrogen-bond acceptors (Lipinski definition) is 3. The maximum absolute atomic E-state index is 11.8. The Morgan fingerprint density at radius 2 is 1.44 bits per heavy atom. The van der Waals surface area contributed by atoms with Gasteiger partial charge in [-0.25, -0.2) is 0 Å². The van der Waals surface area contributed by atoms with Gasteiger partial charge in [-0.1, -0.05) is 6.07 Å². The molecule has 0 unspecified atom stereocenters. The first-order chi connectivity index (χ1) is 7.04. The van der Waals surface area contributed by atoms with Crippen LogP contribution in [0.2, 0.25) is 0 Å². The summed E-state index contributed by atoms with van der Waals surface area (Å²) in [4.78, 5) is 2.84. The fourth-order valence-corrected chi connectivity index (χ4v) is 0.383. The van der Waals surface area contributed by atoms with Crippen molar-refractivity contribution in [1.29, 1.82) is 0 Å². The molecule has 92 valence electrons. The first-order valence-electron chi connectivity index (χ1n) is 3.36. The lowest BCUT2D eigenvalue weighted by Gasteiger charge is -1.97. The van der Waals surface area contributed by atoms with Gasteiger partial charge in [-0.15, -0.1) is 0 Å². The fourth-order valence-electron chi connectivity index (χ4n) is 0.383. The van der Waals surface area contributed by atoms with Crippen molar-refractivity contribution in [3.8, 4) is 0 Å². The molecule has 0 aliphatic heterocycles. The molecule has 0 radical (unpaired) electrons. The van der Waals surface area contributed by atoms with Gasteiger partial charge in [0.2, 0.25) is 11.9 Å². The van der Waals surface area contributed by atoms with E-state index >= 15 is 0 Å². The smallest absolute Gasteiger partial charge is 0.279 e. The highest BCUT2D eigenvalue weighted by atomic mass is 32.2. The molecule has 0 saturated heterocycles. The van der Waals surface area contributed by atoms with E-state index in [1.54, 1.807) is 0 Å². The zero-order chi connectivity index (χ0) is 13.0. The Balaban J connectivity index is 0.000000281. The minimum absolute atomic E-state index is 0.787. The zero-order valence-corrected chi connectivity index (χ0v) is 8.06. The molecular formula is C6H4F5NO3S. The van der Waals surface area contributed by atoms with Crippen LogP contribution >= 0.6 is 0 Å². The third-order valence-electron chi connectivity index (χ3n) is 0.974. The van der Waals surface area contributed by atoms with Crippen LogP contribution < -0.4 is 0 Å². The Bertz CT molecular complexity index is 426. The quantitative estimate of drug-likeness (QED) is 0.336. The van der Waals surface area contributed by atoms with Crippen LogP contribution in [-0.2, 0) is 10.1 Å².